The van der Waals surface area contributed by atoms with Crippen molar-refractivity contribution in [1.82, 2.24) is 20.3 Å². The summed E-state index contributed by atoms with van der Waals surface area (Å²) in [5.41, 5.74) is 3.20. The van der Waals surface area contributed by atoms with Crippen LogP contribution in [0.1, 0.15) is 21.6 Å². The van der Waals surface area contributed by atoms with Crippen molar-refractivity contribution in [3.8, 4) is 0 Å². The van der Waals surface area contributed by atoms with Gasteiger partial charge in [-0.05, 0) is 42.3 Å². The first-order chi connectivity index (χ1) is 12.1. The van der Waals surface area contributed by atoms with Crippen molar-refractivity contribution in [2.45, 2.75) is 13.5 Å². The quantitative estimate of drug-likeness (QED) is 0.687. The highest BCUT2D eigenvalue weighted by atomic mass is 79.9. The zero-order valence-corrected chi connectivity index (χ0v) is 15.1. The highest BCUT2D eigenvalue weighted by Crippen LogP contribution is 2.22. The van der Waals surface area contributed by atoms with E-state index in [1.807, 2.05) is 37.3 Å². The predicted molar refractivity (Wildman–Crippen MR) is 99.6 cm³/mol. The van der Waals surface area contributed by atoms with Crippen LogP contribution in [-0.4, -0.2) is 20.9 Å². The molecule has 0 aliphatic heterocycles. The van der Waals surface area contributed by atoms with E-state index in [0.717, 1.165) is 21.3 Å². The summed E-state index contributed by atoms with van der Waals surface area (Å²) in [5, 5.41) is 5.98. The van der Waals surface area contributed by atoms with E-state index in [4.69, 9.17) is 0 Å². The number of rotatable bonds is 5. The Labute approximate surface area is 153 Å². The third kappa shape index (κ3) is 4.60. The van der Waals surface area contributed by atoms with Crippen molar-refractivity contribution >= 4 is 33.3 Å². The van der Waals surface area contributed by atoms with Gasteiger partial charge in [-0.25, -0.2) is 9.97 Å². The van der Waals surface area contributed by atoms with E-state index in [1.54, 1.807) is 18.6 Å². The average molecular weight is 398 g/mol. The molecule has 2 N–H and O–H groups in total. The van der Waals surface area contributed by atoms with Crippen molar-refractivity contribution in [2.24, 2.45) is 0 Å². The van der Waals surface area contributed by atoms with Crippen LogP contribution in [0.5, 0.6) is 0 Å². The Kier molecular flexibility index (Phi) is 5.35. The van der Waals surface area contributed by atoms with Crippen LogP contribution in [0, 0.1) is 6.92 Å². The van der Waals surface area contributed by atoms with Crippen LogP contribution in [0.3, 0.4) is 0 Å². The Morgan fingerprint density at radius 3 is 2.72 bits per heavy atom. The van der Waals surface area contributed by atoms with Crippen molar-refractivity contribution in [1.29, 1.82) is 0 Å². The highest BCUT2D eigenvalue weighted by Gasteiger charge is 2.08. The second-order valence-electron chi connectivity index (χ2n) is 5.42. The maximum atomic E-state index is 12.1. The van der Waals surface area contributed by atoms with Crippen LogP contribution in [0.4, 0.5) is 11.5 Å². The number of nitrogens with one attached hydrogen (secondary N) is 2. The molecule has 2 aromatic heterocycles. The number of halogens is 1. The molecule has 0 unspecified atom stereocenters. The van der Waals surface area contributed by atoms with Gasteiger partial charge in [-0.1, -0.05) is 22.0 Å². The van der Waals surface area contributed by atoms with Crippen molar-refractivity contribution in [3.63, 3.8) is 0 Å². The van der Waals surface area contributed by atoms with Gasteiger partial charge in [-0.15, -0.1) is 0 Å². The molecule has 0 fully saturated rings. The molecule has 0 atom stereocenters. The largest absolute Gasteiger partial charge is 0.347 e. The van der Waals surface area contributed by atoms with Crippen LogP contribution < -0.4 is 10.6 Å². The summed E-state index contributed by atoms with van der Waals surface area (Å²) in [7, 11) is 0. The van der Waals surface area contributed by atoms with E-state index in [2.05, 4.69) is 41.5 Å². The van der Waals surface area contributed by atoms with Crippen molar-refractivity contribution in [2.75, 3.05) is 5.32 Å². The number of carbonyl (C=O) groups is 1. The molecule has 0 saturated carbocycles. The standard InChI is InChI=1S/C18H16BrN5O/c1-12-7-14(19)4-5-15(12)24-17-11-21-16(10-22-17)18(25)23-9-13-3-2-6-20-8-13/h2-8,10-11H,9H2,1H3,(H,22,24)(H,23,25). The first kappa shape index (κ1) is 17.0. The molecule has 3 rings (SSSR count). The summed E-state index contributed by atoms with van der Waals surface area (Å²) in [6, 6.07) is 9.63. The highest BCUT2D eigenvalue weighted by molar-refractivity contribution is 9.10. The van der Waals surface area contributed by atoms with Crippen LogP contribution in [0.2, 0.25) is 0 Å². The van der Waals surface area contributed by atoms with E-state index in [1.165, 1.54) is 6.20 Å². The predicted octanol–water partition coefficient (Wildman–Crippen LogP) is 3.62. The number of hydrogen-bond donors (Lipinski definition) is 2. The minimum atomic E-state index is -0.275. The molecule has 0 radical (unpaired) electrons. The molecular weight excluding hydrogens is 382 g/mol. The molecule has 1 amide bonds. The smallest absolute Gasteiger partial charge is 0.271 e. The average Bonchev–Trinajstić information content (AvgIpc) is 2.63. The lowest BCUT2D eigenvalue weighted by Crippen LogP contribution is -2.24. The lowest BCUT2D eigenvalue weighted by atomic mass is 10.2. The first-order valence-electron chi connectivity index (χ1n) is 7.64. The number of hydrogen-bond acceptors (Lipinski definition) is 5. The Bertz CT molecular complexity index is 868. The molecule has 0 aliphatic rings. The van der Waals surface area contributed by atoms with Gasteiger partial charge < -0.3 is 10.6 Å². The Balaban J connectivity index is 1.62. The first-order valence-corrected chi connectivity index (χ1v) is 8.43. The molecule has 0 bridgehead atoms. The van der Waals surface area contributed by atoms with Gasteiger partial charge in [0.25, 0.3) is 5.91 Å². The maximum Gasteiger partial charge on any atom is 0.271 e. The third-order valence-corrected chi connectivity index (χ3v) is 4.00. The minimum absolute atomic E-state index is 0.266. The zero-order valence-electron chi connectivity index (χ0n) is 13.5. The number of anilines is 2. The molecule has 0 saturated heterocycles. The minimum Gasteiger partial charge on any atom is -0.347 e. The fourth-order valence-corrected chi connectivity index (χ4v) is 2.67. The summed E-state index contributed by atoms with van der Waals surface area (Å²) in [4.78, 5) is 24.6. The van der Waals surface area contributed by atoms with Crippen LogP contribution in [0.15, 0.2) is 59.6 Å². The van der Waals surface area contributed by atoms with Gasteiger partial charge in [0.15, 0.2) is 0 Å². The number of amides is 1. The van der Waals surface area contributed by atoms with E-state index in [0.29, 0.717) is 12.4 Å². The fourth-order valence-electron chi connectivity index (χ4n) is 2.19. The van der Waals surface area contributed by atoms with Crippen LogP contribution in [-0.2, 0) is 6.54 Å². The summed E-state index contributed by atoms with van der Waals surface area (Å²) in [5.74, 6) is 0.303. The Morgan fingerprint density at radius 2 is 2.04 bits per heavy atom. The monoisotopic (exact) mass is 397 g/mol. The normalized spacial score (nSPS) is 10.3. The molecular formula is C18H16BrN5O. The van der Waals surface area contributed by atoms with E-state index in [-0.39, 0.29) is 11.6 Å². The van der Waals surface area contributed by atoms with E-state index < -0.39 is 0 Å². The molecule has 2 heterocycles. The summed E-state index contributed by atoms with van der Waals surface area (Å²) in [6.45, 7) is 2.40. The Hall–Kier alpha value is -2.80. The lowest BCUT2D eigenvalue weighted by Gasteiger charge is -2.09. The number of nitrogens with zero attached hydrogens (tertiary/aromatic N) is 3. The number of benzene rings is 1. The number of aryl methyl sites for hydroxylation is 1. The lowest BCUT2D eigenvalue weighted by molar-refractivity contribution is 0.0945. The molecule has 7 heteroatoms. The maximum absolute atomic E-state index is 12.1. The number of aromatic nitrogens is 3. The van der Waals surface area contributed by atoms with Gasteiger partial charge in [0, 0.05) is 29.1 Å². The van der Waals surface area contributed by atoms with Gasteiger partial charge in [0.05, 0.1) is 12.4 Å². The van der Waals surface area contributed by atoms with Crippen LogP contribution in [0.25, 0.3) is 0 Å². The van der Waals surface area contributed by atoms with Crippen molar-refractivity contribution < 1.29 is 4.79 Å². The second-order valence-corrected chi connectivity index (χ2v) is 6.33. The zero-order chi connectivity index (χ0) is 17.6. The van der Waals surface area contributed by atoms with Gasteiger partial charge in [-0.2, -0.15) is 0 Å². The van der Waals surface area contributed by atoms with Gasteiger partial charge in [-0.3, -0.25) is 9.78 Å². The number of carbonyl (C=O) groups excluding carboxylic acids is 1. The topological polar surface area (TPSA) is 79.8 Å². The summed E-state index contributed by atoms with van der Waals surface area (Å²) < 4.78 is 1.02. The molecule has 6 nitrogen and oxygen atoms in total. The van der Waals surface area contributed by atoms with E-state index >= 15 is 0 Å². The van der Waals surface area contributed by atoms with Crippen molar-refractivity contribution in [3.05, 3.63) is 76.4 Å². The van der Waals surface area contributed by atoms with Crippen LogP contribution >= 0.6 is 15.9 Å². The number of pyridine rings is 1. The SMILES string of the molecule is Cc1cc(Br)ccc1Nc1cnc(C(=O)NCc2cccnc2)cn1. The van der Waals surface area contributed by atoms with Gasteiger partial charge in [0.2, 0.25) is 0 Å². The Morgan fingerprint density at radius 1 is 1.16 bits per heavy atom. The molecule has 1 aromatic carbocycles. The molecule has 126 valence electrons. The summed E-state index contributed by atoms with van der Waals surface area (Å²) in [6.07, 6.45) is 6.39. The van der Waals surface area contributed by atoms with Gasteiger partial charge >= 0.3 is 0 Å². The second kappa shape index (κ2) is 7.85. The fraction of sp³-hybridized carbons (Fsp3) is 0.111. The van der Waals surface area contributed by atoms with E-state index in [9.17, 15) is 4.79 Å². The molecule has 0 aliphatic carbocycles. The molecule has 3 aromatic rings. The molecule has 25 heavy (non-hydrogen) atoms. The third-order valence-electron chi connectivity index (χ3n) is 3.51. The summed E-state index contributed by atoms with van der Waals surface area (Å²) >= 11 is 3.43. The molecule has 0 spiro atoms. The van der Waals surface area contributed by atoms with Gasteiger partial charge in [0.1, 0.15) is 11.5 Å².